The Bertz CT molecular complexity index is 565. The highest BCUT2D eigenvalue weighted by Gasteiger charge is 2.05. The summed E-state index contributed by atoms with van der Waals surface area (Å²) in [5.74, 6) is 0.552. The van der Waals surface area contributed by atoms with Crippen LogP contribution in [0, 0.1) is 0 Å². The molecule has 0 saturated heterocycles. The van der Waals surface area contributed by atoms with Gasteiger partial charge in [-0.3, -0.25) is 4.79 Å². The third-order valence-corrected chi connectivity index (χ3v) is 2.26. The second-order valence-corrected chi connectivity index (χ2v) is 3.74. The van der Waals surface area contributed by atoms with Crippen LogP contribution in [-0.4, -0.2) is 12.1 Å². The molecule has 0 atom stereocenters. The summed E-state index contributed by atoms with van der Waals surface area (Å²) in [6.07, 6.45) is 10.2. The fourth-order valence-corrected chi connectivity index (χ4v) is 1.42. The second kappa shape index (κ2) is 8.66. The predicted molar refractivity (Wildman–Crippen MR) is 71.0 cm³/mol. The molecule has 0 bridgehead atoms. The first-order chi connectivity index (χ1) is 9.34. The summed E-state index contributed by atoms with van der Waals surface area (Å²) in [5, 5.41) is 3.80. The minimum atomic E-state index is -0.182. The van der Waals surface area contributed by atoms with E-state index in [-0.39, 0.29) is 24.9 Å². The summed E-state index contributed by atoms with van der Waals surface area (Å²) in [6, 6.07) is 9.25. The van der Waals surface area contributed by atoms with Gasteiger partial charge in [-0.15, -0.1) is 0 Å². The summed E-state index contributed by atoms with van der Waals surface area (Å²) in [4.78, 5) is 11.5. The van der Waals surface area contributed by atoms with Crippen LogP contribution in [0.2, 0.25) is 0 Å². The van der Waals surface area contributed by atoms with Gasteiger partial charge in [0.05, 0.1) is 6.26 Å². The van der Waals surface area contributed by atoms with E-state index in [0.717, 1.165) is 5.76 Å². The summed E-state index contributed by atoms with van der Waals surface area (Å²) >= 11 is 0. The fraction of sp³-hybridized carbons (Fsp3) is 0.0714. The van der Waals surface area contributed by atoms with Crippen molar-refractivity contribution in [1.29, 1.82) is 0 Å². The van der Waals surface area contributed by atoms with E-state index in [1.807, 2.05) is 36.7 Å². The van der Waals surface area contributed by atoms with E-state index in [4.69, 9.17) is 4.42 Å². The number of nitrogens with zero attached hydrogens (tertiary/aromatic N) is 2. The molecule has 1 N–H and O–H groups in total. The van der Waals surface area contributed by atoms with Crippen molar-refractivity contribution in [3.8, 4) is 0 Å². The molecule has 104 valence electrons. The van der Waals surface area contributed by atoms with Gasteiger partial charge < -0.3 is 16.8 Å². The number of aromatic nitrogens is 1. The van der Waals surface area contributed by atoms with Crippen LogP contribution in [0.1, 0.15) is 5.76 Å². The molecule has 20 heavy (non-hydrogen) atoms. The molecular formula is C14H14ClN3O2. The van der Waals surface area contributed by atoms with Crippen molar-refractivity contribution in [2.75, 3.05) is 0 Å². The van der Waals surface area contributed by atoms with Gasteiger partial charge in [-0.1, -0.05) is 6.07 Å². The van der Waals surface area contributed by atoms with E-state index in [2.05, 4.69) is 10.5 Å². The molecule has 2 rings (SSSR count). The number of rotatable bonds is 5. The monoisotopic (exact) mass is 291 g/mol. The molecule has 5 nitrogen and oxygen atoms in total. The molecule has 1 amide bonds. The lowest BCUT2D eigenvalue weighted by molar-refractivity contribution is -0.684. The fourth-order valence-electron chi connectivity index (χ4n) is 1.42. The van der Waals surface area contributed by atoms with Crippen molar-refractivity contribution in [1.82, 2.24) is 5.43 Å². The lowest BCUT2D eigenvalue weighted by Crippen LogP contribution is -3.00. The van der Waals surface area contributed by atoms with Gasteiger partial charge >= 0.3 is 5.91 Å². The largest absolute Gasteiger partial charge is 1.00 e. The number of amides is 1. The predicted octanol–water partition coefficient (Wildman–Crippen LogP) is -1.61. The first-order valence-electron chi connectivity index (χ1n) is 5.81. The van der Waals surface area contributed by atoms with Crippen LogP contribution in [0.3, 0.4) is 0 Å². The van der Waals surface area contributed by atoms with Crippen LogP contribution < -0.4 is 22.4 Å². The third-order valence-electron chi connectivity index (χ3n) is 2.26. The molecule has 0 aromatic carbocycles. The standard InChI is InChI=1S/C14H13N3O2.ClH/c18-14(12-17-9-2-1-3-10-17)16-15-8-4-6-13-7-5-11-19-13;/h1-11H,12H2;1H/b6-4+,15-8+;. The number of allylic oxidation sites excluding steroid dienone is 1. The lowest BCUT2D eigenvalue weighted by atomic mass is 10.4. The van der Waals surface area contributed by atoms with Gasteiger partial charge in [0.25, 0.3) is 0 Å². The topological polar surface area (TPSA) is 58.5 Å². The minimum absolute atomic E-state index is 0. The number of furan rings is 1. The molecule has 6 heteroatoms. The molecular weight excluding hydrogens is 278 g/mol. The summed E-state index contributed by atoms with van der Waals surface area (Å²) in [6.45, 7) is 0.236. The Balaban J connectivity index is 0.00000200. The maximum absolute atomic E-state index is 11.5. The molecule has 0 aliphatic carbocycles. The van der Waals surface area contributed by atoms with Crippen LogP contribution in [0.4, 0.5) is 0 Å². The average molecular weight is 292 g/mol. The van der Waals surface area contributed by atoms with Crippen LogP contribution >= 0.6 is 0 Å². The van der Waals surface area contributed by atoms with E-state index in [1.54, 1.807) is 29.0 Å². The van der Waals surface area contributed by atoms with Crippen molar-refractivity contribution in [3.05, 3.63) is 60.8 Å². The van der Waals surface area contributed by atoms with E-state index in [9.17, 15) is 4.79 Å². The maximum atomic E-state index is 11.5. The van der Waals surface area contributed by atoms with Crippen LogP contribution in [0.25, 0.3) is 6.08 Å². The average Bonchev–Trinajstić information content (AvgIpc) is 2.92. The number of pyridine rings is 1. The SMILES string of the molecule is O=C(C[n+]1ccccc1)N/N=C/C=C/c1ccco1.[Cl-]. The Labute approximate surface area is 123 Å². The highest BCUT2D eigenvalue weighted by atomic mass is 35.5. The van der Waals surface area contributed by atoms with Crippen molar-refractivity contribution < 1.29 is 26.2 Å². The van der Waals surface area contributed by atoms with Gasteiger partial charge in [-0.25, -0.2) is 5.43 Å². The van der Waals surface area contributed by atoms with Crippen LogP contribution in [-0.2, 0) is 11.3 Å². The highest BCUT2D eigenvalue weighted by Crippen LogP contribution is 2.00. The van der Waals surface area contributed by atoms with E-state index < -0.39 is 0 Å². The zero-order valence-corrected chi connectivity index (χ0v) is 11.4. The van der Waals surface area contributed by atoms with Crippen molar-refractivity contribution >= 4 is 18.2 Å². The Morgan fingerprint density at radius 3 is 2.80 bits per heavy atom. The van der Waals surface area contributed by atoms with Crippen molar-refractivity contribution in [3.63, 3.8) is 0 Å². The van der Waals surface area contributed by atoms with E-state index in [0.29, 0.717) is 0 Å². The summed E-state index contributed by atoms with van der Waals surface area (Å²) in [5.41, 5.74) is 2.44. The smallest absolute Gasteiger partial charge is 0.305 e. The molecule has 2 heterocycles. The van der Waals surface area contributed by atoms with E-state index >= 15 is 0 Å². The molecule has 0 radical (unpaired) electrons. The molecule has 0 fully saturated rings. The molecule has 0 aliphatic rings. The number of carbonyl (C=O) groups excluding carboxylic acids is 1. The Morgan fingerprint density at radius 1 is 1.30 bits per heavy atom. The normalized spacial score (nSPS) is 10.6. The number of hydrogen-bond acceptors (Lipinski definition) is 3. The zero-order valence-electron chi connectivity index (χ0n) is 10.6. The number of nitrogens with one attached hydrogen (secondary N) is 1. The van der Waals surface area contributed by atoms with Crippen molar-refractivity contribution in [2.24, 2.45) is 5.10 Å². The number of carbonyl (C=O) groups is 1. The van der Waals surface area contributed by atoms with Gasteiger partial charge in [0.2, 0.25) is 6.54 Å². The Hall–Kier alpha value is -2.40. The lowest BCUT2D eigenvalue weighted by Gasteiger charge is -1.95. The Morgan fingerprint density at radius 2 is 2.10 bits per heavy atom. The minimum Gasteiger partial charge on any atom is -1.00 e. The molecule has 0 aliphatic heterocycles. The van der Waals surface area contributed by atoms with Crippen molar-refractivity contribution in [2.45, 2.75) is 6.54 Å². The van der Waals surface area contributed by atoms with Gasteiger partial charge in [0, 0.05) is 18.3 Å². The van der Waals surface area contributed by atoms with E-state index in [1.165, 1.54) is 6.21 Å². The second-order valence-electron chi connectivity index (χ2n) is 3.74. The first kappa shape index (κ1) is 15.7. The third kappa shape index (κ3) is 5.49. The zero-order chi connectivity index (χ0) is 13.3. The molecule has 0 unspecified atom stereocenters. The van der Waals surface area contributed by atoms with Gasteiger partial charge in [0.1, 0.15) is 5.76 Å². The maximum Gasteiger partial charge on any atom is 0.305 e. The van der Waals surface area contributed by atoms with Crippen LogP contribution in [0.5, 0.6) is 0 Å². The van der Waals surface area contributed by atoms with Gasteiger partial charge in [0.15, 0.2) is 12.4 Å². The van der Waals surface area contributed by atoms with Gasteiger partial charge in [-0.05, 0) is 24.3 Å². The first-order valence-corrected chi connectivity index (χ1v) is 5.81. The highest BCUT2D eigenvalue weighted by molar-refractivity contribution is 5.80. The number of halogens is 1. The molecule has 0 spiro atoms. The Kier molecular flexibility index (Phi) is 6.78. The quantitative estimate of drug-likeness (QED) is 0.409. The summed E-state index contributed by atoms with van der Waals surface area (Å²) < 4.78 is 6.87. The van der Waals surface area contributed by atoms with Gasteiger partial charge in [-0.2, -0.15) is 9.67 Å². The molecule has 0 saturated carbocycles. The number of hydrogen-bond donors (Lipinski definition) is 1. The molecule has 2 aromatic heterocycles. The van der Waals surface area contributed by atoms with Crippen LogP contribution in [0.15, 0.2) is 64.6 Å². The molecule has 2 aromatic rings. The summed E-state index contributed by atoms with van der Waals surface area (Å²) in [7, 11) is 0. The number of hydrazone groups is 1.